The Hall–Kier alpha value is -2.21. The van der Waals surface area contributed by atoms with E-state index in [9.17, 15) is 9.59 Å². The van der Waals surface area contributed by atoms with Crippen molar-refractivity contribution in [1.29, 1.82) is 0 Å². The highest BCUT2D eigenvalue weighted by Crippen LogP contribution is 2.05. The molecule has 0 aromatic heterocycles. The second kappa shape index (κ2) is 14.7. The Morgan fingerprint density at radius 3 is 2.13 bits per heavy atom. The molecule has 0 saturated carbocycles. The van der Waals surface area contributed by atoms with Crippen LogP contribution in [0.15, 0.2) is 35.4 Å². The largest absolute Gasteiger partial charge is 0.289 e. The van der Waals surface area contributed by atoms with Crippen molar-refractivity contribution < 1.29 is 14.8 Å². The first kappa shape index (κ1) is 20.8. The van der Waals surface area contributed by atoms with Gasteiger partial charge in [-0.25, -0.2) is 10.9 Å². The number of rotatable bonds is 9. The monoisotopic (exact) mass is 321 g/mol. The Kier molecular flexibility index (Phi) is 13.3. The summed E-state index contributed by atoms with van der Waals surface area (Å²) in [6.45, 7) is 4.00. The van der Waals surface area contributed by atoms with Crippen molar-refractivity contribution in [2.75, 3.05) is 0 Å². The highest BCUT2D eigenvalue weighted by molar-refractivity contribution is 5.82. The molecule has 0 heterocycles. The lowest BCUT2D eigenvalue weighted by Crippen LogP contribution is -2.18. The summed E-state index contributed by atoms with van der Waals surface area (Å²) in [5, 5.41) is 12.2. The zero-order valence-electron chi connectivity index (χ0n) is 13.9. The molecule has 0 spiro atoms. The molecule has 23 heavy (non-hydrogen) atoms. The minimum absolute atomic E-state index is 0.115. The third-order valence-electron chi connectivity index (χ3n) is 2.88. The Balaban J connectivity index is 0.00000232. The van der Waals surface area contributed by atoms with Gasteiger partial charge in [0.25, 0.3) is 0 Å². The lowest BCUT2D eigenvalue weighted by Gasteiger charge is -2.01. The van der Waals surface area contributed by atoms with Gasteiger partial charge in [0.1, 0.15) is 0 Å². The summed E-state index contributed by atoms with van der Waals surface area (Å²) >= 11 is 0. The zero-order chi connectivity index (χ0) is 17.3. The Morgan fingerprint density at radius 1 is 1.00 bits per heavy atom. The van der Waals surface area contributed by atoms with Gasteiger partial charge in [0, 0.05) is 12.8 Å². The summed E-state index contributed by atoms with van der Waals surface area (Å²) in [7, 11) is 0. The van der Waals surface area contributed by atoms with Gasteiger partial charge in [-0.05, 0) is 18.4 Å². The number of amides is 2. The van der Waals surface area contributed by atoms with E-state index in [0.717, 1.165) is 24.8 Å². The Labute approximate surface area is 137 Å². The van der Waals surface area contributed by atoms with Gasteiger partial charge in [0.2, 0.25) is 11.8 Å². The number of hydrogen-bond acceptors (Lipinski definition) is 4. The molecule has 0 aliphatic carbocycles. The molecule has 0 radical (unpaired) electrons. The maximum atomic E-state index is 11.5. The standard InChI is InChI=1S/C15H21N3O3.C2H6/c19-14(10-6-1-2-7-11-15(20)18-21)17-16-12-13-8-4-3-5-9-13;1-2/h3-5,8-9,12,21H,1-2,6-7,10-11H2,(H,17,19)(H,18,20);1-2H3/b16-12-;. The Morgan fingerprint density at radius 2 is 1.57 bits per heavy atom. The van der Waals surface area contributed by atoms with E-state index >= 15 is 0 Å². The van der Waals surface area contributed by atoms with Gasteiger partial charge < -0.3 is 0 Å². The van der Waals surface area contributed by atoms with Crippen LogP contribution in [0.4, 0.5) is 0 Å². The molecule has 0 fully saturated rings. The van der Waals surface area contributed by atoms with Crippen LogP contribution < -0.4 is 10.9 Å². The fraction of sp³-hybridized carbons (Fsp3) is 0.471. The number of hydrazone groups is 1. The summed E-state index contributed by atoms with van der Waals surface area (Å²) in [5.41, 5.74) is 5.01. The number of hydrogen-bond donors (Lipinski definition) is 3. The van der Waals surface area contributed by atoms with E-state index < -0.39 is 0 Å². The van der Waals surface area contributed by atoms with Crippen molar-refractivity contribution >= 4 is 18.0 Å². The van der Waals surface area contributed by atoms with E-state index in [0.29, 0.717) is 19.3 Å². The number of nitrogens with one attached hydrogen (secondary N) is 2. The van der Waals surface area contributed by atoms with Crippen LogP contribution >= 0.6 is 0 Å². The van der Waals surface area contributed by atoms with Gasteiger partial charge in [0.15, 0.2) is 0 Å². The molecule has 1 aromatic carbocycles. The van der Waals surface area contributed by atoms with Crippen molar-refractivity contribution in [3.05, 3.63) is 35.9 Å². The summed E-state index contributed by atoms with van der Waals surface area (Å²) in [6.07, 6.45) is 5.52. The van der Waals surface area contributed by atoms with Crippen LogP contribution in [-0.2, 0) is 9.59 Å². The molecule has 6 nitrogen and oxygen atoms in total. The zero-order valence-corrected chi connectivity index (χ0v) is 13.9. The molecule has 3 N–H and O–H groups in total. The Bertz CT molecular complexity index is 461. The van der Waals surface area contributed by atoms with Crippen LogP contribution in [0.1, 0.15) is 57.9 Å². The van der Waals surface area contributed by atoms with E-state index in [-0.39, 0.29) is 11.8 Å². The first-order chi connectivity index (χ1) is 11.2. The van der Waals surface area contributed by atoms with Crippen LogP contribution in [0.25, 0.3) is 0 Å². The fourth-order valence-corrected chi connectivity index (χ4v) is 1.75. The molecule has 6 heteroatoms. The SMILES string of the molecule is CC.O=C(CCCCCCC(=O)N/N=C\c1ccccc1)NO. The van der Waals surface area contributed by atoms with Gasteiger partial charge in [-0.1, -0.05) is 57.0 Å². The molecule has 2 amide bonds. The number of unbranched alkanes of at least 4 members (excludes halogenated alkanes) is 3. The van der Waals surface area contributed by atoms with Gasteiger partial charge in [-0.15, -0.1) is 0 Å². The van der Waals surface area contributed by atoms with Crippen LogP contribution in [0.2, 0.25) is 0 Å². The minimum Gasteiger partial charge on any atom is -0.289 e. The highest BCUT2D eigenvalue weighted by atomic mass is 16.5. The molecule has 0 aliphatic rings. The summed E-state index contributed by atoms with van der Waals surface area (Å²) in [4.78, 5) is 22.2. The van der Waals surface area contributed by atoms with E-state index in [1.165, 1.54) is 0 Å². The number of carbonyl (C=O) groups is 2. The molecule has 0 atom stereocenters. The molecule has 1 rings (SSSR count). The summed E-state index contributed by atoms with van der Waals surface area (Å²) < 4.78 is 0. The first-order valence-electron chi connectivity index (χ1n) is 8.02. The van der Waals surface area contributed by atoms with Crippen molar-refractivity contribution in [2.24, 2.45) is 5.10 Å². The first-order valence-corrected chi connectivity index (χ1v) is 8.02. The molecule has 0 unspecified atom stereocenters. The molecule has 0 aliphatic heterocycles. The van der Waals surface area contributed by atoms with E-state index in [4.69, 9.17) is 5.21 Å². The fourth-order valence-electron chi connectivity index (χ4n) is 1.75. The maximum Gasteiger partial charge on any atom is 0.243 e. The highest BCUT2D eigenvalue weighted by Gasteiger charge is 2.01. The smallest absolute Gasteiger partial charge is 0.243 e. The molecular formula is C17H27N3O3. The molecule has 0 saturated heterocycles. The predicted octanol–water partition coefficient (Wildman–Crippen LogP) is 3.01. The normalized spacial score (nSPS) is 9.87. The quantitative estimate of drug-likeness (QED) is 0.282. The second-order valence-electron chi connectivity index (χ2n) is 4.65. The average molecular weight is 321 g/mol. The van der Waals surface area contributed by atoms with Crippen molar-refractivity contribution in [2.45, 2.75) is 52.4 Å². The number of nitrogens with zero attached hydrogens (tertiary/aromatic N) is 1. The minimum atomic E-state index is -0.372. The maximum absolute atomic E-state index is 11.5. The summed E-state index contributed by atoms with van der Waals surface area (Å²) in [5.74, 6) is -0.488. The van der Waals surface area contributed by atoms with E-state index in [2.05, 4.69) is 10.5 Å². The lowest BCUT2D eigenvalue weighted by atomic mass is 10.1. The van der Waals surface area contributed by atoms with Gasteiger partial charge in [-0.3, -0.25) is 14.8 Å². The predicted molar refractivity (Wildman–Crippen MR) is 91.2 cm³/mol. The lowest BCUT2D eigenvalue weighted by molar-refractivity contribution is -0.129. The van der Waals surface area contributed by atoms with Gasteiger partial charge in [-0.2, -0.15) is 5.10 Å². The van der Waals surface area contributed by atoms with Crippen molar-refractivity contribution in [3.8, 4) is 0 Å². The van der Waals surface area contributed by atoms with Crippen LogP contribution in [0.3, 0.4) is 0 Å². The van der Waals surface area contributed by atoms with Crippen LogP contribution in [-0.4, -0.2) is 23.2 Å². The average Bonchev–Trinajstić information content (AvgIpc) is 2.60. The number of benzene rings is 1. The molecule has 128 valence electrons. The third-order valence-corrected chi connectivity index (χ3v) is 2.88. The van der Waals surface area contributed by atoms with Crippen molar-refractivity contribution in [1.82, 2.24) is 10.9 Å². The second-order valence-corrected chi connectivity index (χ2v) is 4.65. The molecular weight excluding hydrogens is 294 g/mol. The topological polar surface area (TPSA) is 90.8 Å². The summed E-state index contributed by atoms with van der Waals surface area (Å²) in [6, 6.07) is 9.52. The number of carbonyl (C=O) groups excluding carboxylic acids is 2. The van der Waals surface area contributed by atoms with Gasteiger partial charge in [0.05, 0.1) is 6.21 Å². The third kappa shape index (κ3) is 12.1. The molecule has 1 aromatic rings. The van der Waals surface area contributed by atoms with Crippen LogP contribution in [0.5, 0.6) is 0 Å². The van der Waals surface area contributed by atoms with Gasteiger partial charge >= 0.3 is 0 Å². The van der Waals surface area contributed by atoms with Crippen LogP contribution in [0, 0.1) is 0 Å². The van der Waals surface area contributed by atoms with E-state index in [1.54, 1.807) is 11.7 Å². The van der Waals surface area contributed by atoms with E-state index in [1.807, 2.05) is 44.2 Å². The number of hydroxylamine groups is 1. The van der Waals surface area contributed by atoms with Crippen molar-refractivity contribution in [3.63, 3.8) is 0 Å². The molecule has 0 bridgehead atoms.